The average molecular weight is 356 g/mol. The smallest absolute Gasteiger partial charge is 0.274 e. The van der Waals surface area contributed by atoms with Crippen LogP contribution in [-0.4, -0.2) is 30.0 Å². The fourth-order valence-corrected chi connectivity index (χ4v) is 3.26. The maximum Gasteiger partial charge on any atom is 0.274 e. The van der Waals surface area contributed by atoms with Gasteiger partial charge in [-0.05, 0) is 48.7 Å². The zero-order valence-corrected chi connectivity index (χ0v) is 14.5. The first-order valence-electron chi connectivity index (χ1n) is 8.64. The summed E-state index contributed by atoms with van der Waals surface area (Å²) in [5.74, 6) is -1.65. The molecule has 2 N–H and O–H groups in total. The summed E-state index contributed by atoms with van der Waals surface area (Å²) in [6, 6.07) is 11.0. The topological polar surface area (TPSA) is 69.6 Å². The maximum atomic E-state index is 14.4. The van der Waals surface area contributed by atoms with E-state index in [2.05, 4.69) is 0 Å². The zero-order valence-electron chi connectivity index (χ0n) is 14.5. The fraction of sp³-hybridized carbons (Fsp3) is 0.300. The monoisotopic (exact) mass is 356 g/mol. The van der Waals surface area contributed by atoms with Crippen molar-refractivity contribution < 1.29 is 19.2 Å². The number of amides is 1. The van der Waals surface area contributed by atoms with E-state index in [1.807, 2.05) is 4.90 Å². The van der Waals surface area contributed by atoms with Gasteiger partial charge in [-0.2, -0.15) is 0 Å². The highest BCUT2D eigenvalue weighted by molar-refractivity contribution is 6.01. The van der Waals surface area contributed by atoms with Crippen molar-refractivity contribution in [3.8, 4) is 0 Å². The van der Waals surface area contributed by atoms with Gasteiger partial charge in [0.25, 0.3) is 5.91 Å². The Morgan fingerprint density at radius 1 is 1.08 bits per heavy atom. The van der Waals surface area contributed by atoms with E-state index >= 15 is 0 Å². The first kappa shape index (κ1) is 18.1. The number of anilines is 1. The Hall–Kier alpha value is -2.73. The normalized spacial score (nSPS) is 15.0. The summed E-state index contributed by atoms with van der Waals surface area (Å²) in [6.45, 7) is 3.43. The highest BCUT2D eigenvalue weighted by Crippen LogP contribution is 2.27. The van der Waals surface area contributed by atoms with Crippen molar-refractivity contribution >= 4 is 17.4 Å². The number of benzene rings is 2. The van der Waals surface area contributed by atoms with E-state index < -0.39 is 11.8 Å². The number of hydrogen-bond donors (Lipinski definition) is 2. The molecule has 0 aromatic heterocycles. The summed E-state index contributed by atoms with van der Waals surface area (Å²) in [4.78, 5) is 26.1. The molecule has 6 heteroatoms. The van der Waals surface area contributed by atoms with Crippen molar-refractivity contribution in [2.75, 3.05) is 18.0 Å². The minimum Gasteiger partial charge on any atom is -0.369 e. The molecule has 3 rings (SSSR count). The number of hydroxylamine groups is 1. The van der Waals surface area contributed by atoms with Crippen LogP contribution in [0.25, 0.3) is 0 Å². The zero-order chi connectivity index (χ0) is 18.7. The van der Waals surface area contributed by atoms with Gasteiger partial charge in [-0.3, -0.25) is 14.8 Å². The summed E-state index contributed by atoms with van der Waals surface area (Å²) in [7, 11) is 0. The third kappa shape index (κ3) is 3.60. The third-order valence-corrected chi connectivity index (χ3v) is 4.85. The molecule has 1 aliphatic rings. The maximum absolute atomic E-state index is 14.4. The Bertz CT molecular complexity index is 814. The van der Waals surface area contributed by atoms with Crippen LogP contribution in [0.3, 0.4) is 0 Å². The van der Waals surface area contributed by atoms with Crippen molar-refractivity contribution in [2.24, 2.45) is 0 Å². The molecule has 0 aliphatic carbocycles. The highest BCUT2D eigenvalue weighted by atomic mass is 19.1. The number of nitrogens with zero attached hydrogens (tertiary/aromatic N) is 1. The standard InChI is InChI=1S/C20H21FN2O3/c1-13(14-4-6-15(7-5-14)20(25)22-26)19(24)16-8-9-18(17(21)12-16)23-10-2-3-11-23/h4-9,12-13,26H,2-3,10-11H2,1H3,(H,22,25). The number of carbonyl (C=O) groups is 2. The molecule has 0 bridgehead atoms. The van der Waals surface area contributed by atoms with Crippen LogP contribution in [0.5, 0.6) is 0 Å². The van der Waals surface area contributed by atoms with E-state index in [1.165, 1.54) is 18.2 Å². The van der Waals surface area contributed by atoms with Crippen LogP contribution in [0.2, 0.25) is 0 Å². The molecule has 26 heavy (non-hydrogen) atoms. The predicted molar refractivity (Wildman–Crippen MR) is 96.3 cm³/mol. The molecule has 0 radical (unpaired) electrons. The predicted octanol–water partition coefficient (Wildman–Crippen LogP) is 3.53. The number of rotatable bonds is 5. The Morgan fingerprint density at radius 2 is 1.69 bits per heavy atom. The van der Waals surface area contributed by atoms with Gasteiger partial charge in [0.15, 0.2) is 5.78 Å². The quantitative estimate of drug-likeness (QED) is 0.488. The van der Waals surface area contributed by atoms with Crippen molar-refractivity contribution in [3.05, 3.63) is 65.0 Å². The summed E-state index contributed by atoms with van der Waals surface area (Å²) in [5, 5.41) is 8.64. The first-order chi connectivity index (χ1) is 12.5. The molecule has 1 heterocycles. The van der Waals surface area contributed by atoms with Crippen LogP contribution >= 0.6 is 0 Å². The van der Waals surface area contributed by atoms with Gasteiger partial charge < -0.3 is 4.90 Å². The number of Topliss-reactive ketones (excluding diaryl/α,β-unsaturated/α-hetero) is 1. The van der Waals surface area contributed by atoms with Gasteiger partial charge in [0.2, 0.25) is 0 Å². The van der Waals surface area contributed by atoms with Crippen molar-refractivity contribution in [1.29, 1.82) is 0 Å². The van der Waals surface area contributed by atoms with E-state index in [-0.39, 0.29) is 17.2 Å². The Balaban J connectivity index is 1.77. The van der Waals surface area contributed by atoms with Crippen molar-refractivity contribution in [3.63, 3.8) is 0 Å². The second-order valence-corrected chi connectivity index (χ2v) is 6.51. The molecule has 136 valence electrons. The minimum absolute atomic E-state index is 0.184. The lowest BCUT2D eigenvalue weighted by Crippen LogP contribution is -2.19. The molecular formula is C20H21FN2O3. The highest BCUT2D eigenvalue weighted by Gasteiger charge is 2.21. The molecule has 0 spiro atoms. The molecule has 1 amide bonds. The van der Waals surface area contributed by atoms with Gasteiger partial charge in [0, 0.05) is 30.1 Å². The fourth-order valence-electron chi connectivity index (χ4n) is 3.26. The van der Waals surface area contributed by atoms with E-state index in [0.717, 1.165) is 25.9 Å². The van der Waals surface area contributed by atoms with Crippen LogP contribution in [-0.2, 0) is 0 Å². The van der Waals surface area contributed by atoms with Gasteiger partial charge in [0.05, 0.1) is 5.69 Å². The molecule has 1 aliphatic heterocycles. The number of halogens is 1. The molecule has 0 saturated carbocycles. The average Bonchev–Trinajstić information content (AvgIpc) is 3.20. The first-order valence-corrected chi connectivity index (χ1v) is 8.64. The molecular weight excluding hydrogens is 335 g/mol. The Morgan fingerprint density at radius 3 is 2.27 bits per heavy atom. The van der Waals surface area contributed by atoms with E-state index in [4.69, 9.17) is 5.21 Å². The molecule has 1 fully saturated rings. The van der Waals surface area contributed by atoms with Gasteiger partial charge in [0.1, 0.15) is 5.82 Å². The Kier molecular flexibility index (Phi) is 5.32. The van der Waals surface area contributed by atoms with Crippen molar-refractivity contribution in [1.82, 2.24) is 5.48 Å². The molecule has 1 saturated heterocycles. The molecule has 5 nitrogen and oxygen atoms in total. The van der Waals surface area contributed by atoms with Crippen LogP contribution in [0.1, 0.15) is 52.0 Å². The van der Waals surface area contributed by atoms with Gasteiger partial charge in [-0.1, -0.05) is 19.1 Å². The summed E-state index contributed by atoms with van der Waals surface area (Å²) < 4.78 is 14.4. The second kappa shape index (κ2) is 7.66. The van der Waals surface area contributed by atoms with Crippen LogP contribution < -0.4 is 10.4 Å². The summed E-state index contributed by atoms with van der Waals surface area (Å²) in [6.07, 6.45) is 2.11. The SMILES string of the molecule is CC(C(=O)c1ccc(N2CCCC2)c(F)c1)c1ccc(C(=O)NO)cc1. The van der Waals surface area contributed by atoms with Gasteiger partial charge in [-0.25, -0.2) is 9.87 Å². The number of nitrogens with one attached hydrogen (secondary N) is 1. The number of carbonyl (C=O) groups excluding carboxylic acids is 2. The van der Waals surface area contributed by atoms with Crippen LogP contribution in [0, 0.1) is 5.82 Å². The van der Waals surface area contributed by atoms with Crippen LogP contribution in [0.15, 0.2) is 42.5 Å². The molecule has 2 aromatic rings. The van der Waals surface area contributed by atoms with E-state index in [1.54, 1.807) is 36.7 Å². The Labute approximate surface area is 151 Å². The summed E-state index contributed by atoms with van der Waals surface area (Å²) >= 11 is 0. The number of ketones is 1. The molecule has 1 unspecified atom stereocenters. The van der Waals surface area contributed by atoms with E-state index in [9.17, 15) is 14.0 Å². The van der Waals surface area contributed by atoms with Crippen molar-refractivity contribution in [2.45, 2.75) is 25.7 Å². The van der Waals surface area contributed by atoms with Gasteiger partial charge >= 0.3 is 0 Å². The largest absolute Gasteiger partial charge is 0.369 e. The van der Waals surface area contributed by atoms with Crippen LogP contribution in [0.4, 0.5) is 10.1 Å². The second-order valence-electron chi connectivity index (χ2n) is 6.51. The lowest BCUT2D eigenvalue weighted by atomic mass is 9.91. The lowest BCUT2D eigenvalue weighted by molar-refractivity contribution is 0.0706. The molecule has 2 aromatic carbocycles. The minimum atomic E-state index is -0.616. The van der Waals surface area contributed by atoms with E-state index in [0.29, 0.717) is 16.8 Å². The molecule has 1 atom stereocenters. The number of hydrogen-bond acceptors (Lipinski definition) is 4. The van der Waals surface area contributed by atoms with Gasteiger partial charge in [-0.15, -0.1) is 0 Å². The summed E-state index contributed by atoms with van der Waals surface area (Å²) in [5.41, 5.74) is 3.44. The third-order valence-electron chi connectivity index (χ3n) is 4.85. The lowest BCUT2D eigenvalue weighted by Gasteiger charge is -2.19.